The number of carboxylic acid groups (broad SMARTS) is 1. The van der Waals surface area contributed by atoms with Crippen LogP contribution < -0.4 is 4.72 Å². The summed E-state index contributed by atoms with van der Waals surface area (Å²) >= 11 is 0. The quantitative estimate of drug-likeness (QED) is 0.755. The highest BCUT2D eigenvalue weighted by Gasteiger charge is 2.25. The summed E-state index contributed by atoms with van der Waals surface area (Å²) in [5, 5.41) is 9.14. The Balaban J connectivity index is 2.18. The molecule has 0 saturated carbocycles. The molecule has 0 radical (unpaired) electrons. The number of aliphatic carboxylic acids is 1. The van der Waals surface area contributed by atoms with Crippen LogP contribution in [0.1, 0.15) is 26.2 Å². The van der Waals surface area contributed by atoms with E-state index in [0.29, 0.717) is 12.2 Å². The topological polar surface area (TPSA) is 109 Å². The number of rotatable bonds is 8. The Morgan fingerprint density at radius 1 is 1.21 bits per heavy atom. The summed E-state index contributed by atoms with van der Waals surface area (Å²) in [6.45, 7) is 1.91. The van der Waals surface area contributed by atoms with Gasteiger partial charge in [-0.3, -0.25) is 4.79 Å². The van der Waals surface area contributed by atoms with E-state index >= 15 is 0 Å². The summed E-state index contributed by atoms with van der Waals surface area (Å²) in [6.07, 6.45) is 3.98. The highest BCUT2D eigenvalue weighted by atomic mass is 32.2. The number of benzene rings is 1. The summed E-state index contributed by atoms with van der Waals surface area (Å²) in [6, 6.07) is 7.98. The normalized spacial score (nSPS) is 12.7. The zero-order chi connectivity index (χ0) is 17.6. The first-order valence-electron chi connectivity index (χ1n) is 7.56. The van der Waals surface area contributed by atoms with E-state index in [1.165, 1.54) is 12.4 Å². The molecule has 0 bridgehead atoms. The molecular formula is C16H19N3O4S. The number of hydrogen-bond donors (Lipinski definition) is 2. The van der Waals surface area contributed by atoms with Gasteiger partial charge in [-0.1, -0.05) is 50.1 Å². The molecule has 24 heavy (non-hydrogen) atoms. The van der Waals surface area contributed by atoms with E-state index in [1.54, 1.807) is 0 Å². The van der Waals surface area contributed by atoms with Gasteiger partial charge < -0.3 is 5.11 Å². The van der Waals surface area contributed by atoms with Gasteiger partial charge in [0.2, 0.25) is 10.0 Å². The first-order valence-corrected chi connectivity index (χ1v) is 9.05. The number of aromatic nitrogens is 2. The number of unbranched alkanes of at least 4 members (excludes halogenated alkanes) is 1. The minimum atomic E-state index is -3.99. The zero-order valence-corrected chi connectivity index (χ0v) is 14.0. The molecule has 2 aromatic rings. The molecule has 0 amide bonds. The molecule has 1 aromatic heterocycles. The number of hydrogen-bond acceptors (Lipinski definition) is 5. The Kier molecular flexibility index (Phi) is 5.99. The van der Waals surface area contributed by atoms with Crippen molar-refractivity contribution in [3.63, 3.8) is 0 Å². The van der Waals surface area contributed by atoms with Gasteiger partial charge in [-0.15, -0.1) is 0 Å². The van der Waals surface area contributed by atoms with Crippen molar-refractivity contribution in [2.45, 2.75) is 37.1 Å². The molecule has 0 aliphatic rings. The van der Waals surface area contributed by atoms with Crippen LogP contribution in [-0.2, 0) is 14.8 Å². The van der Waals surface area contributed by atoms with Gasteiger partial charge in [0.25, 0.3) is 0 Å². The summed E-state index contributed by atoms with van der Waals surface area (Å²) < 4.78 is 26.8. The lowest BCUT2D eigenvalue weighted by Crippen LogP contribution is -2.40. The average Bonchev–Trinajstić information content (AvgIpc) is 2.59. The fourth-order valence-corrected chi connectivity index (χ4v) is 3.20. The molecule has 0 aliphatic heterocycles. The monoisotopic (exact) mass is 349 g/mol. The summed E-state index contributed by atoms with van der Waals surface area (Å²) in [4.78, 5) is 19.1. The minimum Gasteiger partial charge on any atom is -0.480 e. The molecule has 2 rings (SSSR count). The maximum absolute atomic E-state index is 12.3. The molecular weight excluding hydrogens is 330 g/mol. The average molecular weight is 349 g/mol. The van der Waals surface area contributed by atoms with Crippen LogP contribution in [0.4, 0.5) is 0 Å². The summed E-state index contributed by atoms with van der Waals surface area (Å²) in [5.41, 5.74) is 0.765. The van der Waals surface area contributed by atoms with Crippen molar-refractivity contribution in [3.8, 4) is 11.4 Å². The summed E-state index contributed by atoms with van der Waals surface area (Å²) in [5.74, 6) is -0.802. The van der Waals surface area contributed by atoms with Crippen molar-refractivity contribution in [1.29, 1.82) is 0 Å². The number of nitrogens with zero attached hydrogens (tertiary/aromatic N) is 2. The maximum atomic E-state index is 12.3. The van der Waals surface area contributed by atoms with Gasteiger partial charge in [0.15, 0.2) is 5.82 Å². The third kappa shape index (κ3) is 4.59. The second-order valence-corrected chi connectivity index (χ2v) is 6.98. The minimum absolute atomic E-state index is 0.162. The first-order chi connectivity index (χ1) is 11.4. The molecule has 0 spiro atoms. The number of carboxylic acids is 1. The largest absolute Gasteiger partial charge is 0.480 e. The third-order valence-electron chi connectivity index (χ3n) is 3.41. The third-order valence-corrected chi connectivity index (χ3v) is 4.84. The van der Waals surface area contributed by atoms with E-state index in [4.69, 9.17) is 5.11 Å². The Labute approximate surface area is 140 Å². The smallest absolute Gasteiger partial charge is 0.321 e. The van der Waals surface area contributed by atoms with Crippen molar-refractivity contribution in [2.75, 3.05) is 0 Å². The lowest BCUT2D eigenvalue weighted by Gasteiger charge is -2.14. The van der Waals surface area contributed by atoms with E-state index in [0.717, 1.165) is 12.0 Å². The predicted molar refractivity (Wildman–Crippen MR) is 88.7 cm³/mol. The fraction of sp³-hybridized carbons (Fsp3) is 0.312. The van der Waals surface area contributed by atoms with E-state index in [1.807, 2.05) is 37.3 Å². The van der Waals surface area contributed by atoms with Crippen LogP contribution in [0.5, 0.6) is 0 Å². The van der Waals surface area contributed by atoms with Crippen LogP contribution in [0.2, 0.25) is 0 Å². The second kappa shape index (κ2) is 7.98. The maximum Gasteiger partial charge on any atom is 0.321 e. The second-order valence-electron chi connectivity index (χ2n) is 5.26. The van der Waals surface area contributed by atoms with E-state index in [2.05, 4.69) is 14.7 Å². The molecule has 1 unspecified atom stereocenters. The lowest BCUT2D eigenvalue weighted by atomic mass is 10.1. The molecule has 7 nitrogen and oxygen atoms in total. The van der Waals surface area contributed by atoms with Crippen LogP contribution in [-0.4, -0.2) is 35.5 Å². The van der Waals surface area contributed by atoms with Crippen LogP contribution in [0.3, 0.4) is 0 Å². The van der Waals surface area contributed by atoms with Crippen LogP contribution in [0.25, 0.3) is 11.4 Å². The van der Waals surface area contributed by atoms with Crippen LogP contribution in [0.15, 0.2) is 47.6 Å². The van der Waals surface area contributed by atoms with Gasteiger partial charge in [-0.05, 0) is 6.42 Å². The number of carbonyl (C=O) groups is 1. The number of nitrogens with one attached hydrogen (secondary N) is 1. The van der Waals surface area contributed by atoms with Gasteiger partial charge >= 0.3 is 5.97 Å². The molecule has 0 fully saturated rings. The van der Waals surface area contributed by atoms with E-state index in [-0.39, 0.29) is 11.3 Å². The SMILES string of the molecule is CCCCC(NS(=O)(=O)c1cnc(-c2ccccc2)nc1)C(=O)O. The zero-order valence-electron chi connectivity index (χ0n) is 13.2. The fourth-order valence-electron chi connectivity index (χ4n) is 2.09. The highest BCUT2D eigenvalue weighted by Crippen LogP contribution is 2.15. The van der Waals surface area contributed by atoms with Gasteiger partial charge in [0.05, 0.1) is 12.4 Å². The van der Waals surface area contributed by atoms with Gasteiger partial charge in [-0.2, -0.15) is 4.72 Å². The molecule has 0 aliphatic carbocycles. The van der Waals surface area contributed by atoms with Gasteiger partial charge in [-0.25, -0.2) is 18.4 Å². The Bertz CT molecular complexity index is 777. The molecule has 8 heteroatoms. The van der Waals surface area contributed by atoms with Crippen molar-refractivity contribution >= 4 is 16.0 Å². The predicted octanol–water partition coefficient (Wildman–Crippen LogP) is 2.07. The lowest BCUT2D eigenvalue weighted by molar-refractivity contribution is -0.139. The Morgan fingerprint density at radius 2 is 1.83 bits per heavy atom. The molecule has 0 saturated heterocycles. The first kappa shape index (κ1) is 18.0. The molecule has 2 N–H and O–H groups in total. The summed E-state index contributed by atoms with van der Waals surface area (Å²) in [7, 11) is -3.99. The molecule has 1 aromatic carbocycles. The van der Waals surface area contributed by atoms with Crippen molar-refractivity contribution in [1.82, 2.24) is 14.7 Å². The molecule has 1 heterocycles. The molecule has 128 valence electrons. The van der Waals surface area contributed by atoms with Crippen LogP contribution >= 0.6 is 0 Å². The van der Waals surface area contributed by atoms with Gasteiger partial charge in [0.1, 0.15) is 10.9 Å². The Hall–Kier alpha value is -2.32. The molecule has 1 atom stereocenters. The highest BCUT2D eigenvalue weighted by molar-refractivity contribution is 7.89. The van der Waals surface area contributed by atoms with Gasteiger partial charge in [0, 0.05) is 5.56 Å². The standard InChI is InChI=1S/C16H19N3O4S/c1-2-3-9-14(16(20)21)19-24(22,23)13-10-17-15(18-11-13)12-7-5-4-6-8-12/h4-8,10-11,14,19H,2-3,9H2,1H3,(H,20,21). The Morgan fingerprint density at radius 3 is 2.38 bits per heavy atom. The van der Waals surface area contributed by atoms with E-state index in [9.17, 15) is 13.2 Å². The van der Waals surface area contributed by atoms with Crippen LogP contribution in [0, 0.1) is 0 Å². The van der Waals surface area contributed by atoms with Crippen molar-refractivity contribution < 1.29 is 18.3 Å². The van der Waals surface area contributed by atoms with Crippen molar-refractivity contribution in [3.05, 3.63) is 42.7 Å². The van der Waals surface area contributed by atoms with E-state index < -0.39 is 22.0 Å². The number of sulfonamides is 1. The van der Waals surface area contributed by atoms with Crippen molar-refractivity contribution in [2.24, 2.45) is 0 Å².